The van der Waals surface area contributed by atoms with E-state index in [-0.39, 0.29) is 23.9 Å². The summed E-state index contributed by atoms with van der Waals surface area (Å²) in [7, 11) is 3.25. The van der Waals surface area contributed by atoms with Crippen molar-refractivity contribution in [2.24, 2.45) is 0 Å². The molecule has 0 unspecified atom stereocenters. The number of imidazole rings is 1. The average Bonchev–Trinajstić information content (AvgIpc) is 3.24. The van der Waals surface area contributed by atoms with Crippen LogP contribution in [0.1, 0.15) is 29.4 Å². The smallest absolute Gasteiger partial charge is 0.226 e. The number of nitrogens with zero attached hydrogens (tertiary/aromatic N) is 3. The largest absolute Gasteiger partial charge is 0.388 e. The third-order valence-electron chi connectivity index (χ3n) is 3.73. The fourth-order valence-corrected chi connectivity index (χ4v) is 3.03. The third kappa shape index (κ3) is 4.08. The summed E-state index contributed by atoms with van der Waals surface area (Å²) in [6, 6.07) is 5.55. The minimum absolute atomic E-state index is 0.000447. The van der Waals surface area contributed by atoms with Gasteiger partial charge in [0.2, 0.25) is 5.91 Å². The number of ether oxygens (including phenoxy) is 1. The van der Waals surface area contributed by atoms with Gasteiger partial charge in [-0.3, -0.25) is 9.59 Å². The van der Waals surface area contributed by atoms with Gasteiger partial charge in [-0.1, -0.05) is 6.92 Å². The van der Waals surface area contributed by atoms with Crippen LogP contribution in [0.5, 0.6) is 0 Å². The molecule has 0 aliphatic carbocycles. The number of carbonyl (C=O) groups excluding carboxylic acids is 2. The summed E-state index contributed by atoms with van der Waals surface area (Å²) in [5.74, 6) is 0.480. The van der Waals surface area contributed by atoms with Crippen LogP contribution in [0.25, 0.3) is 11.4 Å². The number of methoxy groups -OCH3 is 1. The van der Waals surface area contributed by atoms with Gasteiger partial charge < -0.3 is 9.64 Å². The number of aldehydes is 1. The van der Waals surface area contributed by atoms with E-state index in [4.69, 9.17) is 0 Å². The Morgan fingerprint density at radius 2 is 2.16 bits per heavy atom. The molecular formula is C17H20FN3O3S. The minimum atomic E-state index is -0.000447. The number of fused-ring (bicyclic) bond motifs is 1. The lowest BCUT2D eigenvalue weighted by molar-refractivity contribution is -0.118. The molecule has 0 N–H and O–H groups in total. The monoisotopic (exact) mass is 365 g/mol. The molecule has 1 amide bonds. The number of amides is 1. The molecule has 1 aliphatic heterocycles. The molecule has 0 radical (unpaired) electrons. The Morgan fingerprint density at radius 3 is 2.76 bits per heavy atom. The Kier molecular flexibility index (Phi) is 6.72. The lowest BCUT2D eigenvalue weighted by atomic mass is 10.1. The molecule has 1 aromatic carbocycles. The molecule has 0 atom stereocenters. The number of halogens is 1. The molecule has 3 rings (SSSR count). The number of hydrogen-bond acceptors (Lipinski definition) is 5. The van der Waals surface area contributed by atoms with Gasteiger partial charge in [-0.15, -0.1) is 3.89 Å². The van der Waals surface area contributed by atoms with Crippen molar-refractivity contribution in [3.8, 4) is 11.4 Å². The van der Waals surface area contributed by atoms with Crippen molar-refractivity contribution in [3.63, 3.8) is 0 Å². The first kappa shape index (κ1) is 19.1. The zero-order valence-electron chi connectivity index (χ0n) is 14.4. The molecule has 1 aromatic heterocycles. The molecule has 0 fully saturated rings. The molecule has 8 heteroatoms. The van der Waals surface area contributed by atoms with Crippen LogP contribution in [0.2, 0.25) is 0 Å². The van der Waals surface area contributed by atoms with Crippen molar-refractivity contribution in [2.75, 3.05) is 25.7 Å². The second-order valence-electron chi connectivity index (χ2n) is 5.40. The average molecular weight is 365 g/mol. The SMILES string of the molecule is CCC(=O)N1CCc2cc(-c3nc(C=O)cn3SF)ccc21.COC. The Bertz CT molecular complexity index is 764. The second kappa shape index (κ2) is 8.77. The Hall–Kier alpha value is -2.19. The van der Waals surface area contributed by atoms with Crippen LogP contribution in [-0.2, 0) is 16.0 Å². The molecular weight excluding hydrogens is 345 g/mol. The van der Waals surface area contributed by atoms with E-state index < -0.39 is 0 Å². The van der Waals surface area contributed by atoms with Gasteiger partial charge in [-0.05, 0) is 30.2 Å². The minimum Gasteiger partial charge on any atom is -0.388 e. The van der Waals surface area contributed by atoms with E-state index >= 15 is 0 Å². The van der Waals surface area contributed by atoms with Crippen molar-refractivity contribution < 1.29 is 18.2 Å². The molecule has 2 aromatic rings. The topological polar surface area (TPSA) is 64.4 Å². The lowest BCUT2D eigenvalue weighted by Gasteiger charge is -2.16. The molecule has 6 nitrogen and oxygen atoms in total. The third-order valence-corrected chi connectivity index (χ3v) is 4.15. The molecule has 25 heavy (non-hydrogen) atoms. The summed E-state index contributed by atoms with van der Waals surface area (Å²) in [4.78, 5) is 28.6. The van der Waals surface area contributed by atoms with Crippen molar-refractivity contribution in [2.45, 2.75) is 19.8 Å². The summed E-state index contributed by atoms with van der Waals surface area (Å²) in [6.07, 6.45) is 3.17. The number of carbonyl (C=O) groups is 2. The van der Waals surface area contributed by atoms with Crippen molar-refractivity contribution in [3.05, 3.63) is 35.7 Å². The van der Waals surface area contributed by atoms with Gasteiger partial charge in [-0.2, -0.15) is 0 Å². The lowest BCUT2D eigenvalue weighted by Crippen LogP contribution is -2.27. The highest BCUT2D eigenvalue weighted by Crippen LogP contribution is 2.33. The number of aromatic nitrogens is 2. The van der Waals surface area contributed by atoms with E-state index in [9.17, 15) is 13.5 Å². The zero-order chi connectivity index (χ0) is 18.4. The number of anilines is 1. The maximum atomic E-state index is 13.0. The quantitative estimate of drug-likeness (QED) is 0.778. The normalized spacial score (nSPS) is 12.4. The fourth-order valence-electron chi connectivity index (χ4n) is 2.67. The Morgan fingerprint density at radius 1 is 1.44 bits per heavy atom. The van der Waals surface area contributed by atoms with Crippen LogP contribution in [0.3, 0.4) is 0 Å². The molecule has 0 bridgehead atoms. The van der Waals surface area contributed by atoms with Crippen LogP contribution in [-0.4, -0.2) is 41.9 Å². The van der Waals surface area contributed by atoms with Gasteiger partial charge in [0.1, 0.15) is 5.69 Å². The first-order valence-electron chi connectivity index (χ1n) is 7.77. The van der Waals surface area contributed by atoms with Gasteiger partial charge >= 0.3 is 0 Å². The maximum Gasteiger partial charge on any atom is 0.226 e. The van der Waals surface area contributed by atoms with Crippen LogP contribution < -0.4 is 4.90 Å². The van der Waals surface area contributed by atoms with Crippen LogP contribution >= 0.6 is 12.3 Å². The van der Waals surface area contributed by atoms with E-state index in [0.717, 1.165) is 23.2 Å². The molecule has 0 saturated heterocycles. The van der Waals surface area contributed by atoms with E-state index in [1.54, 1.807) is 25.2 Å². The zero-order valence-corrected chi connectivity index (χ0v) is 15.2. The van der Waals surface area contributed by atoms with E-state index in [0.29, 0.717) is 25.1 Å². The molecule has 0 saturated carbocycles. The number of hydrogen-bond donors (Lipinski definition) is 0. The predicted molar refractivity (Wildman–Crippen MR) is 96.4 cm³/mol. The highest BCUT2D eigenvalue weighted by molar-refractivity contribution is 7.92. The maximum absolute atomic E-state index is 13.0. The highest BCUT2D eigenvalue weighted by Gasteiger charge is 2.24. The van der Waals surface area contributed by atoms with Crippen molar-refractivity contribution in [1.29, 1.82) is 0 Å². The van der Waals surface area contributed by atoms with Crippen LogP contribution in [0.4, 0.5) is 9.57 Å². The summed E-state index contributed by atoms with van der Waals surface area (Å²) in [5.41, 5.74) is 2.84. The van der Waals surface area contributed by atoms with Crippen molar-refractivity contribution in [1.82, 2.24) is 8.96 Å². The first-order chi connectivity index (χ1) is 12.1. The van der Waals surface area contributed by atoms with E-state index in [1.807, 2.05) is 19.1 Å². The van der Waals surface area contributed by atoms with E-state index in [2.05, 4.69) is 9.72 Å². The van der Waals surface area contributed by atoms with Crippen molar-refractivity contribution >= 4 is 30.2 Å². The standard InChI is InChI=1S/C15H14FN3O2S.C2H6O/c1-2-14(21)18-6-5-10-7-11(3-4-13(10)18)15-17-12(9-20)8-19(15)22-16;1-3-2/h3-4,7-9H,2,5-6H2,1H3;1-2H3. The first-order valence-corrected chi connectivity index (χ1v) is 8.44. The van der Waals surface area contributed by atoms with Crippen LogP contribution in [0.15, 0.2) is 24.4 Å². The predicted octanol–water partition coefficient (Wildman–Crippen LogP) is 3.31. The molecule has 1 aliphatic rings. The molecule has 0 spiro atoms. The fraction of sp³-hybridized carbons (Fsp3) is 0.353. The second-order valence-corrected chi connectivity index (χ2v) is 5.93. The summed E-state index contributed by atoms with van der Waals surface area (Å²) >= 11 is -0.000447. The highest BCUT2D eigenvalue weighted by atomic mass is 32.2. The van der Waals surface area contributed by atoms with E-state index in [1.165, 1.54) is 10.2 Å². The number of rotatable bonds is 4. The number of benzene rings is 1. The van der Waals surface area contributed by atoms with Gasteiger partial charge in [0.05, 0.1) is 0 Å². The van der Waals surface area contributed by atoms with Crippen LogP contribution in [0, 0.1) is 0 Å². The Balaban J connectivity index is 0.000000701. The van der Waals surface area contributed by atoms with Gasteiger partial charge in [0.25, 0.3) is 0 Å². The summed E-state index contributed by atoms with van der Waals surface area (Å²) < 4.78 is 18.4. The molecule has 134 valence electrons. The molecule has 2 heterocycles. The van der Waals surface area contributed by atoms with Gasteiger partial charge in [0.15, 0.2) is 24.4 Å². The Labute approximate surface area is 150 Å². The summed E-state index contributed by atoms with van der Waals surface area (Å²) in [6.45, 7) is 2.50. The van der Waals surface area contributed by atoms with Gasteiger partial charge in [0, 0.05) is 44.6 Å². The van der Waals surface area contributed by atoms with Gasteiger partial charge in [-0.25, -0.2) is 8.96 Å². The summed E-state index contributed by atoms with van der Waals surface area (Å²) in [5, 5.41) is 0.